The van der Waals surface area contributed by atoms with E-state index in [0.717, 1.165) is 11.3 Å². The molecule has 0 aliphatic carbocycles. The van der Waals surface area contributed by atoms with Gasteiger partial charge in [-0.1, -0.05) is 18.7 Å². The average Bonchev–Trinajstić information content (AvgIpc) is 2.74. The number of halogens is 3. The molecule has 0 fully saturated rings. The number of methoxy groups -OCH3 is 1. The summed E-state index contributed by atoms with van der Waals surface area (Å²) in [4.78, 5) is 18.4. The average molecular weight is 476 g/mol. The van der Waals surface area contributed by atoms with Crippen molar-refractivity contribution in [1.82, 2.24) is 10.3 Å². The molecule has 1 amide bonds. The van der Waals surface area contributed by atoms with Crippen LogP contribution in [0, 0.1) is 26.2 Å². The van der Waals surface area contributed by atoms with Gasteiger partial charge < -0.3 is 25.0 Å². The number of carbonyl (C=O) groups is 1. The Morgan fingerprint density at radius 2 is 1.97 bits per heavy atom. The molecule has 0 saturated carbocycles. The van der Waals surface area contributed by atoms with E-state index in [4.69, 9.17) is 4.74 Å². The van der Waals surface area contributed by atoms with Gasteiger partial charge in [-0.05, 0) is 50.1 Å². The number of aromatic nitrogens is 1. The topological polar surface area (TPSA) is 75.7 Å². The number of alkyl halides is 3. The minimum absolute atomic E-state index is 0.0202. The molecule has 1 aliphatic heterocycles. The fourth-order valence-corrected chi connectivity index (χ4v) is 3.19. The molecule has 1 aromatic carbocycles. The standard InChI is InChI=1S/C21H23F3N4O3.C3H4/c1-12-9-17-20(25-13(12)2)28(10-19(29)27-17)14(3)26-18(11-30-4)15-5-7-16(8-6-15)31-21(22,23)24;1-3-2/h5-9,18,26H,3,10-11H2,1-2,4H3,(H,27,29);1H,2H3. The maximum atomic E-state index is 12.4. The number of terminal acetylenes is 1. The molecular weight excluding hydrogens is 449 g/mol. The molecule has 0 radical (unpaired) electrons. The molecular formula is C24H27F3N4O3. The summed E-state index contributed by atoms with van der Waals surface area (Å²) in [5.41, 5.74) is 3.01. The highest BCUT2D eigenvalue weighted by Crippen LogP contribution is 2.32. The van der Waals surface area contributed by atoms with Crippen molar-refractivity contribution < 1.29 is 27.4 Å². The SMILES string of the molecule is C#CC.C=C(NC(COC)c1ccc(OC(F)(F)F)cc1)N1CC(=O)Nc2cc(C)c(C)nc21. The molecule has 3 rings (SSSR count). The van der Waals surface area contributed by atoms with Crippen LogP contribution in [0.2, 0.25) is 0 Å². The van der Waals surface area contributed by atoms with Gasteiger partial charge in [0, 0.05) is 12.8 Å². The van der Waals surface area contributed by atoms with E-state index in [2.05, 4.69) is 39.3 Å². The smallest absolute Gasteiger partial charge is 0.406 e. The fraction of sp³-hybridized carbons (Fsp3) is 0.333. The normalized spacial score (nSPS) is 13.5. The Labute approximate surface area is 197 Å². The second-order valence-corrected chi connectivity index (χ2v) is 7.40. The first-order valence-electron chi connectivity index (χ1n) is 10.2. The number of pyridine rings is 1. The Morgan fingerprint density at radius 3 is 2.53 bits per heavy atom. The summed E-state index contributed by atoms with van der Waals surface area (Å²) >= 11 is 0. The van der Waals surface area contributed by atoms with Gasteiger partial charge in [0.15, 0.2) is 5.82 Å². The maximum Gasteiger partial charge on any atom is 0.573 e. The quantitative estimate of drug-likeness (QED) is 0.576. The lowest BCUT2D eigenvalue weighted by Crippen LogP contribution is -2.43. The number of aryl methyl sites for hydroxylation is 2. The van der Waals surface area contributed by atoms with Crippen molar-refractivity contribution in [1.29, 1.82) is 0 Å². The number of hydrogen-bond donors (Lipinski definition) is 2. The molecule has 2 heterocycles. The van der Waals surface area contributed by atoms with Crippen LogP contribution in [0.3, 0.4) is 0 Å². The van der Waals surface area contributed by atoms with Gasteiger partial charge in [0.1, 0.15) is 18.1 Å². The zero-order valence-corrected chi connectivity index (χ0v) is 19.4. The minimum atomic E-state index is -4.76. The van der Waals surface area contributed by atoms with Gasteiger partial charge in [-0.25, -0.2) is 4.98 Å². The first-order chi connectivity index (χ1) is 16.0. The van der Waals surface area contributed by atoms with E-state index in [1.54, 1.807) is 11.8 Å². The Balaban J connectivity index is 0.00000129. The van der Waals surface area contributed by atoms with E-state index in [1.807, 2.05) is 19.9 Å². The first-order valence-corrected chi connectivity index (χ1v) is 10.2. The molecule has 34 heavy (non-hydrogen) atoms. The first kappa shape index (κ1) is 26.5. The van der Waals surface area contributed by atoms with E-state index in [1.165, 1.54) is 31.4 Å². The van der Waals surface area contributed by atoms with E-state index in [9.17, 15) is 18.0 Å². The van der Waals surface area contributed by atoms with Crippen molar-refractivity contribution in [2.24, 2.45) is 0 Å². The Bertz CT molecular complexity index is 1060. The number of nitrogens with zero attached hydrogens (tertiary/aromatic N) is 2. The van der Waals surface area contributed by atoms with E-state index < -0.39 is 12.4 Å². The van der Waals surface area contributed by atoms with Crippen LogP contribution in [0.5, 0.6) is 5.75 Å². The third kappa shape index (κ3) is 7.15. The molecule has 1 atom stereocenters. The molecule has 10 heteroatoms. The summed E-state index contributed by atoms with van der Waals surface area (Å²) in [6, 6.07) is 6.89. The van der Waals surface area contributed by atoms with Crippen LogP contribution in [0.25, 0.3) is 0 Å². The highest BCUT2D eigenvalue weighted by atomic mass is 19.4. The van der Waals surface area contributed by atoms with Crippen LogP contribution in [0.4, 0.5) is 24.7 Å². The van der Waals surface area contributed by atoms with Crippen molar-refractivity contribution in [3.8, 4) is 18.1 Å². The molecule has 0 bridgehead atoms. The largest absolute Gasteiger partial charge is 0.573 e. The molecule has 0 spiro atoms. The minimum Gasteiger partial charge on any atom is -0.406 e. The van der Waals surface area contributed by atoms with Crippen LogP contribution in [-0.2, 0) is 9.53 Å². The lowest BCUT2D eigenvalue weighted by molar-refractivity contribution is -0.274. The van der Waals surface area contributed by atoms with Crippen LogP contribution in [-0.4, -0.2) is 37.5 Å². The monoisotopic (exact) mass is 476 g/mol. The maximum absolute atomic E-state index is 12.4. The number of hydrogen-bond acceptors (Lipinski definition) is 6. The molecule has 2 N–H and O–H groups in total. The van der Waals surface area contributed by atoms with Crippen LogP contribution < -0.4 is 20.3 Å². The van der Waals surface area contributed by atoms with E-state index >= 15 is 0 Å². The summed E-state index contributed by atoms with van der Waals surface area (Å²) in [6.45, 7) is 9.71. The Hall–Kier alpha value is -3.71. The second kappa shape index (κ2) is 11.4. The number of nitrogens with one attached hydrogen (secondary N) is 2. The summed E-state index contributed by atoms with van der Waals surface area (Å²) < 4.78 is 46.4. The van der Waals surface area contributed by atoms with E-state index in [-0.39, 0.29) is 24.8 Å². The van der Waals surface area contributed by atoms with Gasteiger partial charge in [0.05, 0.1) is 18.3 Å². The molecule has 182 valence electrons. The highest BCUT2D eigenvalue weighted by Gasteiger charge is 2.31. The number of ether oxygens (including phenoxy) is 2. The van der Waals surface area contributed by atoms with Crippen LogP contribution in [0.1, 0.15) is 29.8 Å². The van der Waals surface area contributed by atoms with Crippen molar-refractivity contribution in [3.63, 3.8) is 0 Å². The summed E-state index contributed by atoms with van der Waals surface area (Å²) in [6.07, 6.45) is -0.161. The summed E-state index contributed by atoms with van der Waals surface area (Å²) in [5.74, 6) is 2.69. The number of benzene rings is 1. The van der Waals surface area contributed by atoms with Gasteiger partial charge in [-0.15, -0.1) is 25.5 Å². The zero-order chi connectivity index (χ0) is 25.5. The number of anilines is 2. The van der Waals surface area contributed by atoms with Crippen molar-refractivity contribution in [3.05, 3.63) is 59.6 Å². The lowest BCUT2D eigenvalue weighted by Gasteiger charge is -2.34. The van der Waals surface area contributed by atoms with Crippen molar-refractivity contribution >= 4 is 17.4 Å². The summed E-state index contributed by atoms with van der Waals surface area (Å²) in [5, 5.41) is 6.00. The Morgan fingerprint density at radius 1 is 1.35 bits per heavy atom. The van der Waals surface area contributed by atoms with E-state index in [0.29, 0.717) is 22.9 Å². The molecule has 1 unspecified atom stereocenters. The highest BCUT2D eigenvalue weighted by molar-refractivity contribution is 6.01. The lowest BCUT2D eigenvalue weighted by atomic mass is 10.1. The van der Waals surface area contributed by atoms with Crippen molar-refractivity contribution in [2.75, 3.05) is 30.5 Å². The molecule has 1 aromatic heterocycles. The molecule has 0 saturated heterocycles. The molecule has 1 aliphatic rings. The van der Waals surface area contributed by atoms with Crippen LogP contribution >= 0.6 is 0 Å². The van der Waals surface area contributed by atoms with Crippen molar-refractivity contribution in [2.45, 2.75) is 33.2 Å². The predicted octanol–water partition coefficient (Wildman–Crippen LogP) is 4.44. The number of fused-ring (bicyclic) bond motifs is 1. The van der Waals surface area contributed by atoms with Gasteiger partial charge in [-0.2, -0.15) is 0 Å². The predicted molar refractivity (Wildman–Crippen MR) is 124 cm³/mol. The van der Waals surface area contributed by atoms with Gasteiger partial charge in [0.2, 0.25) is 5.91 Å². The second-order valence-electron chi connectivity index (χ2n) is 7.40. The number of amides is 1. The third-order valence-corrected chi connectivity index (χ3v) is 4.79. The number of carbonyl (C=O) groups excluding carboxylic acids is 1. The zero-order valence-electron chi connectivity index (χ0n) is 19.4. The molecule has 2 aromatic rings. The molecule has 7 nitrogen and oxygen atoms in total. The fourth-order valence-electron chi connectivity index (χ4n) is 3.19. The van der Waals surface area contributed by atoms with Crippen LogP contribution in [0.15, 0.2) is 42.7 Å². The summed E-state index contributed by atoms with van der Waals surface area (Å²) in [7, 11) is 1.51. The van der Waals surface area contributed by atoms with Gasteiger partial charge in [0.25, 0.3) is 0 Å². The third-order valence-electron chi connectivity index (χ3n) is 4.79. The van der Waals surface area contributed by atoms with Gasteiger partial charge in [-0.3, -0.25) is 4.79 Å². The Kier molecular flexibility index (Phi) is 8.92. The number of rotatable bonds is 7. The van der Waals surface area contributed by atoms with Gasteiger partial charge >= 0.3 is 6.36 Å².